The van der Waals surface area contributed by atoms with Gasteiger partial charge in [0.2, 0.25) is 5.95 Å². The molecule has 0 spiro atoms. The Morgan fingerprint density at radius 3 is 2.68 bits per heavy atom. The maximum absolute atomic E-state index is 10.8. The first-order valence-electron chi connectivity index (χ1n) is 10.00. The minimum absolute atomic E-state index is 0.233. The zero-order chi connectivity index (χ0) is 21.5. The van der Waals surface area contributed by atoms with Crippen molar-refractivity contribution in [3.05, 3.63) is 53.9 Å². The lowest BCUT2D eigenvalue weighted by molar-refractivity contribution is -0.137. The molecule has 0 atom stereocenters. The van der Waals surface area contributed by atoms with E-state index >= 15 is 0 Å². The summed E-state index contributed by atoms with van der Waals surface area (Å²) < 4.78 is 6.72. The summed E-state index contributed by atoms with van der Waals surface area (Å²) in [7, 11) is 0. The number of carbonyl (C=O) groups is 1. The van der Waals surface area contributed by atoms with E-state index in [4.69, 9.17) is 9.84 Å². The maximum atomic E-state index is 10.8. The van der Waals surface area contributed by atoms with Crippen LogP contribution in [0.5, 0.6) is 0 Å². The van der Waals surface area contributed by atoms with E-state index in [0.29, 0.717) is 43.8 Å². The average molecular weight is 424 g/mol. The molecule has 0 radical (unpaired) electrons. The molecular weight excluding hydrogens is 400 g/mol. The van der Waals surface area contributed by atoms with E-state index < -0.39 is 5.97 Å². The van der Waals surface area contributed by atoms with Crippen LogP contribution in [0.3, 0.4) is 0 Å². The normalized spacial score (nSPS) is 13.7. The predicted octanol–water partition coefficient (Wildman–Crippen LogP) is 1.21. The summed E-state index contributed by atoms with van der Waals surface area (Å²) in [5.74, 6) is 0.996. The fourth-order valence-corrected chi connectivity index (χ4v) is 3.15. The standard InChI is InChI=1S/C20H24N8O3/c29-19(30)14-28-13-16(25-26-28)12-22-20-23-17(21-11-15-4-2-1-3-5-15)10-18(24-20)27-6-8-31-9-7-27/h1-5,10,13H,6-9,11-12,14H2,(H,29,30)(H2,21,22,23,24). The molecule has 1 aliphatic rings. The number of aromatic nitrogens is 5. The topological polar surface area (TPSA) is 130 Å². The van der Waals surface area contributed by atoms with E-state index in [0.717, 1.165) is 24.5 Å². The van der Waals surface area contributed by atoms with Gasteiger partial charge in [0.15, 0.2) is 0 Å². The third-order valence-corrected chi connectivity index (χ3v) is 4.68. The predicted molar refractivity (Wildman–Crippen MR) is 114 cm³/mol. The van der Waals surface area contributed by atoms with Crippen LogP contribution in [-0.2, 0) is 29.2 Å². The Morgan fingerprint density at radius 1 is 1.10 bits per heavy atom. The fraction of sp³-hybridized carbons (Fsp3) is 0.350. The van der Waals surface area contributed by atoms with E-state index in [1.165, 1.54) is 4.68 Å². The van der Waals surface area contributed by atoms with Crippen molar-refractivity contribution in [1.82, 2.24) is 25.0 Å². The molecule has 0 saturated carbocycles. The zero-order valence-electron chi connectivity index (χ0n) is 16.9. The summed E-state index contributed by atoms with van der Waals surface area (Å²) in [6.45, 7) is 3.58. The second kappa shape index (κ2) is 9.85. The molecule has 162 valence electrons. The van der Waals surface area contributed by atoms with Gasteiger partial charge < -0.3 is 25.4 Å². The van der Waals surface area contributed by atoms with E-state index in [-0.39, 0.29) is 6.54 Å². The Balaban J connectivity index is 1.48. The van der Waals surface area contributed by atoms with Gasteiger partial charge in [0.05, 0.1) is 26.0 Å². The number of hydrogen-bond donors (Lipinski definition) is 3. The number of benzene rings is 1. The highest BCUT2D eigenvalue weighted by molar-refractivity contribution is 5.66. The van der Waals surface area contributed by atoms with Crippen LogP contribution in [0.25, 0.3) is 0 Å². The van der Waals surface area contributed by atoms with Gasteiger partial charge in [-0.25, -0.2) is 4.68 Å². The molecule has 1 aromatic carbocycles. The lowest BCUT2D eigenvalue weighted by Crippen LogP contribution is -2.37. The Kier molecular flexibility index (Phi) is 6.53. The number of aliphatic carboxylic acids is 1. The van der Waals surface area contributed by atoms with Crippen molar-refractivity contribution in [2.45, 2.75) is 19.6 Å². The number of hydrogen-bond acceptors (Lipinski definition) is 9. The van der Waals surface area contributed by atoms with Crippen LogP contribution in [0.4, 0.5) is 17.6 Å². The van der Waals surface area contributed by atoms with Crippen molar-refractivity contribution in [1.29, 1.82) is 0 Å². The van der Waals surface area contributed by atoms with Gasteiger partial charge in [-0.3, -0.25) is 4.79 Å². The number of nitrogens with zero attached hydrogens (tertiary/aromatic N) is 6. The molecular formula is C20H24N8O3. The first-order chi connectivity index (χ1) is 15.2. The molecule has 2 aromatic heterocycles. The van der Waals surface area contributed by atoms with E-state index in [9.17, 15) is 4.79 Å². The minimum Gasteiger partial charge on any atom is -0.480 e. The van der Waals surface area contributed by atoms with Crippen LogP contribution < -0.4 is 15.5 Å². The summed E-state index contributed by atoms with van der Waals surface area (Å²) in [4.78, 5) is 22.2. The summed E-state index contributed by atoms with van der Waals surface area (Å²) in [5.41, 5.74) is 1.75. The number of nitrogens with one attached hydrogen (secondary N) is 2. The van der Waals surface area contributed by atoms with Crippen molar-refractivity contribution in [3.8, 4) is 0 Å². The van der Waals surface area contributed by atoms with Crippen LogP contribution in [0.15, 0.2) is 42.6 Å². The lowest BCUT2D eigenvalue weighted by Gasteiger charge is -2.28. The Bertz CT molecular complexity index is 1000. The third-order valence-electron chi connectivity index (χ3n) is 4.68. The van der Waals surface area contributed by atoms with Gasteiger partial charge in [-0.05, 0) is 5.56 Å². The summed E-state index contributed by atoms with van der Waals surface area (Å²) in [6.07, 6.45) is 1.58. The van der Waals surface area contributed by atoms with Gasteiger partial charge in [0.1, 0.15) is 23.9 Å². The molecule has 1 fully saturated rings. The maximum Gasteiger partial charge on any atom is 0.325 e. The van der Waals surface area contributed by atoms with Crippen molar-refractivity contribution < 1.29 is 14.6 Å². The number of anilines is 3. The van der Waals surface area contributed by atoms with Crippen molar-refractivity contribution in [3.63, 3.8) is 0 Å². The fourth-order valence-electron chi connectivity index (χ4n) is 3.15. The van der Waals surface area contributed by atoms with Crippen molar-refractivity contribution >= 4 is 23.6 Å². The molecule has 0 amide bonds. The SMILES string of the molecule is O=C(O)Cn1cc(CNc2nc(NCc3ccccc3)cc(N3CCOCC3)n2)nn1. The number of carboxylic acid groups (broad SMARTS) is 1. The Labute approximate surface area is 179 Å². The summed E-state index contributed by atoms with van der Waals surface area (Å²) >= 11 is 0. The Hall–Kier alpha value is -3.73. The van der Waals surface area contributed by atoms with Crippen LogP contribution in [0, 0.1) is 0 Å². The lowest BCUT2D eigenvalue weighted by atomic mass is 10.2. The monoisotopic (exact) mass is 424 g/mol. The molecule has 1 saturated heterocycles. The second-order valence-electron chi connectivity index (χ2n) is 7.03. The Morgan fingerprint density at radius 2 is 1.90 bits per heavy atom. The minimum atomic E-state index is -0.972. The van der Waals surface area contributed by atoms with Gasteiger partial charge in [0.25, 0.3) is 0 Å². The second-order valence-corrected chi connectivity index (χ2v) is 7.03. The van der Waals surface area contributed by atoms with E-state index in [1.807, 2.05) is 24.3 Å². The molecule has 0 unspecified atom stereocenters. The highest BCUT2D eigenvalue weighted by atomic mass is 16.5. The van der Waals surface area contributed by atoms with Crippen LogP contribution in [0.1, 0.15) is 11.3 Å². The first-order valence-corrected chi connectivity index (χ1v) is 10.00. The van der Waals surface area contributed by atoms with E-state index in [1.54, 1.807) is 6.20 Å². The number of rotatable bonds is 9. The number of morpholine rings is 1. The number of ether oxygens (including phenoxy) is 1. The van der Waals surface area contributed by atoms with Gasteiger partial charge >= 0.3 is 5.97 Å². The van der Waals surface area contributed by atoms with Gasteiger partial charge in [-0.1, -0.05) is 35.5 Å². The smallest absolute Gasteiger partial charge is 0.325 e. The zero-order valence-corrected chi connectivity index (χ0v) is 16.9. The molecule has 0 aliphatic carbocycles. The molecule has 1 aliphatic heterocycles. The highest BCUT2D eigenvalue weighted by Gasteiger charge is 2.15. The van der Waals surface area contributed by atoms with Crippen molar-refractivity contribution in [2.75, 3.05) is 41.8 Å². The quantitative estimate of drug-likeness (QED) is 0.461. The first kappa shape index (κ1) is 20.5. The molecule has 11 heteroatoms. The van der Waals surface area contributed by atoms with E-state index in [2.05, 4.69) is 47.9 Å². The van der Waals surface area contributed by atoms with Crippen LogP contribution >= 0.6 is 0 Å². The molecule has 11 nitrogen and oxygen atoms in total. The van der Waals surface area contributed by atoms with Crippen molar-refractivity contribution in [2.24, 2.45) is 0 Å². The highest BCUT2D eigenvalue weighted by Crippen LogP contribution is 2.20. The summed E-state index contributed by atoms with van der Waals surface area (Å²) in [5, 5.41) is 23.2. The molecule has 0 bridgehead atoms. The van der Waals surface area contributed by atoms with Gasteiger partial charge in [0, 0.05) is 25.7 Å². The molecule has 3 aromatic rings. The van der Waals surface area contributed by atoms with Crippen LogP contribution in [-0.4, -0.2) is 62.3 Å². The molecule has 4 rings (SSSR count). The third kappa shape index (κ3) is 5.89. The summed E-state index contributed by atoms with van der Waals surface area (Å²) in [6, 6.07) is 12.0. The van der Waals surface area contributed by atoms with Gasteiger partial charge in [-0.2, -0.15) is 9.97 Å². The molecule has 3 heterocycles. The van der Waals surface area contributed by atoms with Crippen LogP contribution in [0.2, 0.25) is 0 Å². The largest absolute Gasteiger partial charge is 0.480 e. The van der Waals surface area contributed by atoms with Gasteiger partial charge in [-0.15, -0.1) is 5.10 Å². The number of carboxylic acids is 1. The molecule has 3 N–H and O–H groups in total. The average Bonchev–Trinajstić information content (AvgIpc) is 3.24. The molecule has 31 heavy (non-hydrogen) atoms.